The number of halogens is 1. The van der Waals surface area contributed by atoms with E-state index in [1.54, 1.807) is 36.3 Å². The number of amides is 2. The highest BCUT2D eigenvalue weighted by atomic mass is 35.5. The number of ether oxygens (including phenoxy) is 2. The van der Waals surface area contributed by atoms with Crippen molar-refractivity contribution < 1.29 is 14.3 Å². The van der Waals surface area contributed by atoms with Crippen LogP contribution in [0.4, 0.5) is 10.5 Å². The summed E-state index contributed by atoms with van der Waals surface area (Å²) < 4.78 is 11.0. The van der Waals surface area contributed by atoms with Gasteiger partial charge in [0.05, 0.1) is 31.5 Å². The zero-order valence-electron chi connectivity index (χ0n) is 20.1. The molecule has 2 amide bonds. The van der Waals surface area contributed by atoms with Crippen molar-refractivity contribution in [3.05, 3.63) is 64.7 Å². The lowest BCUT2D eigenvalue weighted by Crippen LogP contribution is -2.42. The third-order valence-electron chi connectivity index (χ3n) is 5.72. The zero-order chi connectivity index (χ0) is 24.8. The lowest BCUT2D eigenvalue weighted by atomic mass is 10.0. The smallest absolute Gasteiger partial charge is 0.319 e. The summed E-state index contributed by atoms with van der Waals surface area (Å²) in [6.07, 6.45) is 2.58. The summed E-state index contributed by atoms with van der Waals surface area (Å²) in [5, 5.41) is 9.74. The molecule has 0 aliphatic carbocycles. The molecule has 0 aliphatic rings. The van der Waals surface area contributed by atoms with E-state index in [9.17, 15) is 4.79 Å². The average molecular weight is 487 g/mol. The third-order valence-corrected chi connectivity index (χ3v) is 5.96. The maximum Gasteiger partial charge on any atom is 0.319 e. The maximum atomic E-state index is 12.1. The van der Waals surface area contributed by atoms with Gasteiger partial charge in [-0.3, -0.25) is 9.80 Å². The molecule has 1 unspecified atom stereocenters. The van der Waals surface area contributed by atoms with E-state index in [2.05, 4.69) is 24.0 Å². The van der Waals surface area contributed by atoms with Gasteiger partial charge in [0.15, 0.2) is 0 Å². The highest BCUT2D eigenvalue weighted by Gasteiger charge is 2.19. The first-order valence-corrected chi connectivity index (χ1v) is 12.0. The van der Waals surface area contributed by atoms with Gasteiger partial charge in [0, 0.05) is 37.0 Å². The number of carbonyl (C=O) groups excluding carboxylic acids is 1. The summed E-state index contributed by atoms with van der Waals surface area (Å²) in [6.45, 7) is 6.00. The highest BCUT2D eigenvalue weighted by Crippen LogP contribution is 2.18. The van der Waals surface area contributed by atoms with Crippen molar-refractivity contribution in [2.45, 2.75) is 32.2 Å². The highest BCUT2D eigenvalue weighted by molar-refractivity contribution is 6.30. The standard InChI is InChI=1S/C26H35ClN4O3/c1-3-30(14-5-15-31(26(29)32)24-11-9-22(19-28)10-12-24)25(20-34-17-16-33-2)13-8-21-6-4-7-23(27)18-21/h4,6-7,9-12,18,25H,3,5,8,13-17,20H2,1-2H3,(H2,29,32). The molecule has 0 heterocycles. The van der Waals surface area contributed by atoms with Gasteiger partial charge in [-0.05, 0) is 67.8 Å². The first kappa shape index (κ1) is 27.6. The molecule has 0 saturated heterocycles. The fourth-order valence-electron chi connectivity index (χ4n) is 3.87. The molecule has 0 radical (unpaired) electrons. The Balaban J connectivity index is 1.99. The molecule has 1 atom stereocenters. The van der Waals surface area contributed by atoms with Gasteiger partial charge >= 0.3 is 6.03 Å². The Hall–Kier alpha value is -2.63. The SMILES string of the molecule is CCN(CCCN(C(N)=O)c1ccc(C#N)cc1)C(CCc1cccc(Cl)c1)COCCOC. The Kier molecular flexibility index (Phi) is 12.4. The van der Waals surface area contributed by atoms with Crippen LogP contribution in [-0.2, 0) is 15.9 Å². The number of urea groups is 1. The van der Waals surface area contributed by atoms with E-state index in [-0.39, 0.29) is 6.04 Å². The van der Waals surface area contributed by atoms with Crippen molar-refractivity contribution >= 4 is 23.3 Å². The molecule has 0 saturated carbocycles. The lowest BCUT2D eigenvalue weighted by Gasteiger charge is -2.31. The first-order chi connectivity index (χ1) is 16.5. The van der Waals surface area contributed by atoms with Crippen LogP contribution in [0.5, 0.6) is 0 Å². The molecular formula is C26H35ClN4O3. The van der Waals surface area contributed by atoms with Gasteiger partial charge < -0.3 is 15.2 Å². The van der Waals surface area contributed by atoms with Crippen molar-refractivity contribution in [1.82, 2.24) is 4.90 Å². The minimum Gasteiger partial charge on any atom is -0.382 e. The van der Waals surface area contributed by atoms with Crippen LogP contribution in [0.3, 0.4) is 0 Å². The van der Waals surface area contributed by atoms with Gasteiger partial charge in [-0.25, -0.2) is 4.79 Å². The molecule has 0 aliphatic heterocycles. The number of anilines is 1. The Morgan fingerprint density at radius 3 is 2.56 bits per heavy atom. The third kappa shape index (κ3) is 9.32. The van der Waals surface area contributed by atoms with Crippen LogP contribution in [0, 0.1) is 11.3 Å². The fraction of sp³-hybridized carbons (Fsp3) is 0.462. The summed E-state index contributed by atoms with van der Waals surface area (Å²) >= 11 is 6.15. The second-order valence-corrected chi connectivity index (χ2v) is 8.46. The van der Waals surface area contributed by atoms with Crippen molar-refractivity contribution in [3.8, 4) is 6.07 Å². The number of hydrogen-bond acceptors (Lipinski definition) is 5. The number of primary amides is 1. The lowest BCUT2D eigenvalue weighted by molar-refractivity contribution is 0.0284. The number of hydrogen-bond donors (Lipinski definition) is 1. The number of rotatable bonds is 15. The van der Waals surface area contributed by atoms with Crippen molar-refractivity contribution in [2.24, 2.45) is 5.73 Å². The Bertz CT molecular complexity index is 917. The van der Waals surface area contributed by atoms with Crippen molar-refractivity contribution in [2.75, 3.05) is 51.5 Å². The minimum atomic E-state index is -0.506. The van der Waals surface area contributed by atoms with Crippen LogP contribution in [0.1, 0.15) is 30.9 Å². The number of aryl methyl sites for hydroxylation is 1. The monoisotopic (exact) mass is 486 g/mol. The van der Waals surface area contributed by atoms with Gasteiger partial charge in [-0.2, -0.15) is 5.26 Å². The second-order valence-electron chi connectivity index (χ2n) is 8.02. The average Bonchev–Trinajstić information content (AvgIpc) is 2.84. The van der Waals surface area contributed by atoms with E-state index in [1.807, 2.05) is 18.2 Å². The van der Waals surface area contributed by atoms with E-state index in [4.69, 9.17) is 32.1 Å². The topological polar surface area (TPSA) is 91.8 Å². The molecule has 7 nitrogen and oxygen atoms in total. The quantitative estimate of drug-likeness (QED) is 0.375. The predicted octanol–water partition coefficient (Wildman–Crippen LogP) is 4.47. The summed E-state index contributed by atoms with van der Waals surface area (Å²) in [4.78, 5) is 16.0. The Labute approximate surface area is 208 Å². The zero-order valence-corrected chi connectivity index (χ0v) is 20.8. The number of nitriles is 1. The van der Waals surface area contributed by atoms with E-state index in [0.717, 1.165) is 37.4 Å². The van der Waals surface area contributed by atoms with E-state index >= 15 is 0 Å². The van der Waals surface area contributed by atoms with Crippen LogP contribution in [-0.4, -0.2) is 63.5 Å². The van der Waals surface area contributed by atoms with E-state index < -0.39 is 6.03 Å². The van der Waals surface area contributed by atoms with E-state index in [0.29, 0.717) is 37.6 Å². The Morgan fingerprint density at radius 1 is 1.18 bits per heavy atom. The van der Waals surface area contributed by atoms with Gasteiger partial charge in [-0.15, -0.1) is 0 Å². The van der Waals surface area contributed by atoms with Crippen LogP contribution in [0.15, 0.2) is 48.5 Å². The van der Waals surface area contributed by atoms with Crippen LogP contribution < -0.4 is 10.6 Å². The molecule has 0 bridgehead atoms. The molecule has 8 heteroatoms. The Morgan fingerprint density at radius 2 is 1.94 bits per heavy atom. The summed E-state index contributed by atoms with van der Waals surface area (Å²) in [5.41, 5.74) is 8.07. The molecule has 184 valence electrons. The molecule has 2 N–H and O–H groups in total. The second kappa shape index (κ2) is 15.3. The van der Waals surface area contributed by atoms with Gasteiger partial charge in [0.25, 0.3) is 0 Å². The minimum absolute atomic E-state index is 0.220. The van der Waals surface area contributed by atoms with Crippen molar-refractivity contribution in [1.29, 1.82) is 5.26 Å². The van der Waals surface area contributed by atoms with Crippen LogP contribution in [0.2, 0.25) is 5.02 Å². The molecule has 0 spiro atoms. The molecule has 2 rings (SSSR count). The fourth-order valence-corrected chi connectivity index (χ4v) is 4.08. The summed E-state index contributed by atoms with van der Waals surface area (Å²) in [5.74, 6) is 0. The summed E-state index contributed by atoms with van der Waals surface area (Å²) in [6, 6.07) is 16.6. The van der Waals surface area contributed by atoms with Gasteiger partial charge in [0.1, 0.15) is 0 Å². The maximum absolute atomic E-state index is 12.1. The molecule has 34 heavy (non-hydrogen) atoms. The van der Waals surface area contributed by atoms with Gasteiger partial charge in [-0.1, -0.05) is 30.7 Å². The molecule has 0 aromatic heterocycles. The largest absolute Gasteiger partial charge is 0.382 e. The normalized spacial score (nSPS) is 11.9. The predicted molar refractivity (Wildman–Crippen MR) is 136 cm³/mol. The van der Waals surface area contributed by atoms with Crippen LogP contribution >= 0.6 is 11.6 Å². The number of carbonyl (C=O) groups is 1. The first-order valence-electron chi connectivity index (χ1n) is 11.6. The van der Waals surface area contributed by atoms with E-state index in [1.165, 1.54) is 5.56 Å². The number of benzene rings is 2. The number of nitrogens with two attached hydrogens (primary N) is 1. The summed E-state index contributed by atoms with van der Waals surface area (Å²) in [7, 11) is 1.66. The van der Waals surface area contributed by atoms with Crippen LogP contribution in [0.25, 0.3) is 0 Å². The molecule has 2 aromatic rings. The van der Waals surface area contributed by atoms with Crippen molar-refractivity contribution in [3.63, 3.8) is 0 Å². The number of likely N-dealkylation sites (N-methyl/N-ethyl adjacent to an activating group) is 1. The number of methoxy groups -OCH3 is 1. The molecule has 0 fully saturated rings. The molecular weight excluding hydrogens is 452 g/mol. The number of nitrogens with zero attached hydrogens (tertiary/aromatic N) is 3. The van der Waals surface area contributed by atoms with Gasteiger partial charge in [0.2, 0.25) is 0 Å². The molecule has 2 aromatic carbocycles.